The summed E-state index contributed by atoms with van der Waals surface area (Å²) >= 11 is 1.27. The largest absolute Gasteiger partial charge is 0.351 e. The van der Waals surface area contributed by atoms with Gasteiger partial charge in [0, 0.05) is 20.1 Å². The van der Waals surface area contributed by atoms with Gasteiger partial charge in [0.2, 0.25) is 0 Å². The van der Waals surface area contributed by atoms with Crippen molar-refractivity contribution < 1.29 is 4.79 Å². The number of amides is 1. The Morgan fingerprint density at radius 3 is 2.78 bits per heavy atom. The van der Waals surface area contributed by atoms with Gasteiger partial charge in [0.05, 0.1) is 16.6 Å². The number of hydrogen-bond donors (Lipinski definition) is 1. The summed E-state index contributed by atoms with van der Waals surface area (Å²) in [6.07, 6.45) is 2.35. The van der Waals surface area contributed by atoms with Gasteiger partial charge in [-0.2, -0.15) is 0 Å². The third kappa shape index (κ3) is 4.43. The van der Waals surface area contributed by atoms with E-state index in [1.54, 1.807) is 7.05 Å². The number of thiophene rings is 1. The second kappa shape index (κ2) is 8.45. The number of carbonyl (C=O) groups excluding carboxylic acids is 1. The lowest BCUT2D eigenvalue weighted by Gasteiger charge is -2.16. The van der Waals surface area contributed by atoms with E-state index in [0.717, 1.165) is 19.5 Å². The van der Waals surface area contributed by atoms with E-state index in [0.29, 0.717) is 27.2 Å². The standard InChI is InChI=1S/C20H24N4O2S/c1-14-16-19(22-13-24(3)20(16)26)27-17(14)18(25)21-10-7-11-23(2)12-15-8-5-4-6-9-15/h4-6,8-9,13H,7,10-12H2,1-3H3,(H,21,25). The highest BCUT2D eigenvalue weighted by molar-refractivity contribution is 7.20. The van der Waals surface area contributed by atoms with Crippen LogP contribution in [0.3, 0.4) is 0 Å². The highest BCUT2D eigenvalue weighted by Crippen LogP contribution is 2.26. The minimum absolute atomic E-state index is 0.115. The van der Waals surface area contributed by atoms with E-state index < -0.39 is 0 Å². The van der Waals surface area contributed by atoms with Crippen LogP contribution in [-0.4, -0.2) is 40.5 Å². The van der Waals surface area contributed by atoms with Crippen molar-refractivity contribution in [2.45, 2.75) is 19.9 Å². The molecule has 2 heterocycles. The highest BCUT2D eigenvalue weighted by Gasteiger charge is 2.18. The van der Waals surface area contributed by atoms with Crippen LogP contribution in [0.2, 0.25) is 0 Å². The number of hydrogen-bond acceptors (Lipinski definition) is 5. The van der Waals surface area contributed by atoms with E-state index in [2.05, 4.69) is 34.4 Å². The zero-order valence-corrected chi connectivity index (χ0v) is 16.7. The van der Waals surface area contributed by atoms with Gasteiger partial charge in [-0.15, -0.1) is 11.3 Å². The lowest BCUT2D eigenvalue weighted by atomic mass is 10.2. The Labute approximate surface area is 162 Å². The zero-order valence-electron chi connectivity index (χ0n) is 15.9. The fourth-order valence-corrected chi connectivity index (χ4v) is 4.09. The van der Waals surface area contributed by atoms with Crippen LogP contribution in [0, 0.1) is 6.92 Å². The summed E-state index contributed by atoms with van der Waals surface area (Å²) in [5, 5.41) is 3.50. The van der Waals surface area contributed by atoms with Gasteiger partial charge >= 0.3 is 0 Å². The zero-order chi connectivity index (χ0) is 19.4. The fraction of sp³-hybridized carbons (Fsp3) is 0.350. The van der Waals surface area contributed by atoms with Crippen LogP contribution >= 0.6 is 11.3 Å². The van der Waals surface area contributed by atoms with Gasteiger partial charge in [-0.3, -0.25) is 9.59 Å². The van der Waals surface area contributed by atoms with Crippen molar-refractivity contribution in [1.29, 1.82) is 0 Å². The van der Waals surface area contributed by atoms with Gasteiger partial charge in [-0.25, -0.2) is 4.98 Å². The Morgan fingerprint density at radius 2 is 2.04 bits per heavy atom. The molecule has 0 fully saturated rings. The Morgan fingerprint density at radius 1 is 1.30 bits per heavy atom. The lowest BCUT2D eigenvalue weighted by Crippen LogP contribution is -2.28. The van der Waals surface area contributed by atoms with E-state index in [-0.39, 0.29) is 11.5 Å². The minimum Gasteiger partial charge on any atom is -0.351 e. The first-order valence-corrected chi connectivity index (χ1v) is 9.74. The maximum atomic E-state index is 12.5. The first kappa shape index (κ1) is 19.3. The van der Waals surface area contributed by atoms with E-state index in [9.17, 15) is 9.59 Å². The van der Waals surface area contributed by atoms with Crippen LogP contribution in [0.25, 0.3) is 10.2 Å². The number of aryl methyl sites for hydroxylation is 2. The third-order valence-electron chi connectivity index (χ3n) is 4.51. The number of nitrogens with zero attached hydrogens (tertiary/aromatic N) is 3. The number of nitrogens with one attached hydrogen (secondary N) is 1. The molecule has 27 heavy (non-hydrogen) atoms. The van der Waals surface area contributed by atoms with Crippen LogP contribution in [-0.2, 0) is 13.6 Å². The molecule has 0 saturated heterocycles. The normalized spacial score (nSPS) is 11.3. The summed E-state index contributed by atoms with van der Waals surface area (Å²) in [5.41, 5.74) is 1.87. The Bertz CT molecular complexity index is 994. The van der Waals surface area contributed by atoms with Crippen molar-refractivity contribution in [2.24, 2.45) is 7.05 Å². The quantitative estimate of drug-likeness (QED) is 0.636. The molecular weight excluding hydrogens is 360 g/mol. The first-order chi connectivity index (χ1) is 13.0. The van der Waals surface area contributed by atoms with Crippen molar-refractivity contribution in [3.63, 3.8) is 0 Å². The van der Waals surface area contributed by atoms with Crippen molar-refractivity contribution in [1.82, 2.24) is 19.8 Å². The summed E-state index contributed by atoms with van der Waals surface area (Å²) < 4.78 is 1.44. The second-order valence-electron chi connectivity index (χ2n) is 6.73. The number of aromatic nitrogens is 2. The SMILES string of the molecule is Cc1c(C(=O)NCCCN(C)Cc2ccccc2)sc2ncn(C)c(=O)c12. The monoisotopic (exact) mass is 384 g/mol. The van der Waals surface area contributed by atoms with Gasteiger partial charge in [0.25, 0.3) is 11.5 Å². The summed E-state index contributed by atoms with van der Waals surface area (Å²) in [5.74, 6) is -0.136. The van der Waals surface area contributed by atoms with Gasteiger partial charge in [0.15, 0.2) is 0 Å². The molecular formula is C20H24N4O2S. The molecule has 7 heteroatoms. The van der Waals surface area contributed by atoms with Crippen molar-refractivity contribution in [3.8, 4) is 0 Å². The Hall–Kier alpha value is -2.51. The maximum Gasteiger partial charge on any atom is 0.262 e. The van der Waals surface area contributed by atoms with E-state index in [4.69, 9.17) is 0 Å². The molecule has 3 aromatic rings. The molecule has 0 atom stereocenters. The molecule has 142 valence electrons. The van der Waals surface area contributed by atoms with Crippen molar-refractivity contribution >= 4 is 27.5 Å². The van der Waals surface area contributed by atoms with Crippen LogP contribution < -0.4 is 10.9 Å². The predicted octanol–water partition coefficient (Wildman–Crippen LogP) is 2.56. The molecule has 1 N–H and O–H groups in total. The molecule has 0 radical (unpaired) electrons. The average molecular weight is 385 g/mol. The minimum atomic E-state index is -0.136. The summed E-state index contributed by atoms with van der Waals surface area (Å²) in [6, 6.07) is 10.3. The number of carbonyl (C=O) groups is 1. The molecule has 2 aromatic heterocycles. The molecule has 0 spiro atoms. The second-order valence-corrected chi connectivity index (χ2v) is 7.73. The van der Waals surface area contributed by atoms with Crippen LogP contribution in [0.5, 0.6) is 0 Å². The number of fused-ring (bicyclic) bond motifs is 1. The Balaban J connectivity index is 1.54. The van der Waals surface area contributed by atoms with E-state index in [1.165, 1.54) is 27.8 Å². The molecule has 0 saturated carbocycles. The van der Waals surface area contributed by atoms with E-state index >= 15 is 0 Å². The first-order valence-electron chi connectivity index (χ1n) is 8.92. The lowest BCUT2D eigenvalue weighted by molar-refractivity contribution is 0.0955. The summed E-state index contributed by atoms with van der Waals surface area (Å²) in [6.45, 7) is 4.18. The van der Waals surface area contributed by atoms with Gasteiger partial charge in [-0.05, 0) is 38.1 Å². The number of benzene rings is 1. The van der Waals surface area contributed by atoms with Gasteiger partial charge in [0.1, 0.15) is 4.83 Å². The molecule has 3 rings (SSSR count). The topological polar surface area (TPSA) is 67.2 Å². The third-order valence-corrected chi connectivity index (χ3v) is 5.71. The summed E-state index contributed by atoms with van der Waals surface area (Å²) in [7, 11) is 3.74. The van der Waals surface area contributed by atoms with Gasteiger partial charge < -0.3 is 14.8 Å². The van der Waals surface area contributed by atoms with Crippen molar-refractivity contribution in [3.05, 3.63) is 63.0 Å². The van der Waals surface area contributed by atoms with Crippen LogP contribution in [0.1, 0.15) is 27.2 Å². The van der Waals surface area contributed by atoms with Gasteiger partial charge in [-0.1, -0.05) is 30.3 Å². The molecule has 0 unspecified atom stereocenters. The summed E-state index contributed by atoms with van der Waals surface area (Å²) in [4.78, 5) is 32.5. The average Bonchev–Trinajstić information content (AvgIpc) is 3.00. The fourth-order valence-electron chi connectivity index (χ4n) is 3.03. The molecule has 1 aromatic carbocycles. The molecule has 0 aliphatic heterocycles. The van der Waals surface area contributed by atoms with Crippen molar-refractivity contribution in [2.75, 3.05) is 20.1 Å². The Kier molecular flexibility index (Phi) is 6.03. The van der Waals surface area contributed by atoms with Crippen LogP contribution in [0.15, 0.2) is 41.5 Å². The molecule has 0 aliphatic carbocycles. The molecule has 6 nitrogen and oxygen atoms in total. The van der Waals surface area contributed by atoms with E-state index in [1.807, 2.05) is 25.1 Å². The molecule has 0 bridgehead atoms. The van der Waals surface area contributed by atoms with Crippen LogP contribution in [0.4, 0.5) is 0 Å². The maximum absolute atomic E-state index is 12.5. The predicted molar refractivity (Wildman–Crippen MR) is 109 cm³/mol. The molecule has 0 aliphatic rings. The molecule has 1 amide bonds. The highest BCUT2D eigenvalue weighted by atomic mass is 32.1. The number of rotatable bonds is 7. The smallest absolute Gasteiger partial charge is 0.262 e.